The number of methoxy groups -OCH3 is 2. The number of amides is 1. The number of para-hydroxylation sites is 1. The fourth-order valence-electron chi connectivity index (χ4n) is 2.73. The fourth-order valence-corrected chi connectivity index (χ4v) is 2.73. The summed E-state index contributed by atoms with van der Waals surface area (Å²) in [6, 6.07) is 5.51. The van der Waals surface area contributed by atoms with Gasteiger partial charge < -0.3 is 23.8 Å². The van der Waals surface area contributed by atoms with E-state index in [1.165, 1.54) is 0 Å². The number of aryl methyl sites for hydroxylation is 1. The van der Waals surface area contributed by atoms with Gasteiger partial charge >= 0.3 is 5.97 Å². The zero-order valence-corrected chi connectivity index (χ0v) is 14.9. The summed E-state index contributed by atoms with van der Waals surface area (Å²) in [5, 5.41) is 0. The zero-order chi connectivity index (χ0) is 18.2. The lowest BCUT2D eigenvalue weighted by Gasteiger charge is -2.29. The second kappa shape index (κ2) is 9.27. The summed E-state index contributed by atoms with van der Waals surface area (Å²) in [5.41, 5.74) is 0.853. The van der Waals surface area contributed by atoms with Gasteiger partial charge in [0.15, 0.2) is 17.6 Å². The second-order valence-electron chi connectivity index (χ2n) is 5.72. The topological polar surface area (TPSA) is 74.3 Å². The number of rotatable bonds is 7. The first-order valence-electron chi connectivity index (χ1n) is 8.32. The second-order valence-corrected chi connectivity index (χ2v) is 5.72. The van der Waals surface area contributed by atoms with E-state index in [4.69, 9.17) is 18.9 Å². The van der Waals surface area contributed by atoms with Gasteiger partial charge in [0.1, 0.15) is 0 Å². The number of benzene rings is 1. The van der Waals surface area contributed by atoms with Gasteiger partial charge in [0.05, 0.1) is 27.4 Å². The molecule has 1 aliphatic heterocycles. The maximum atomic E-state index is 12.2. The number of ether oxygens (including phenoxy) is 4. The van der Waals surface area contributed by atoms with Gasteiger partial charge in [-0.3, -0.25) is 9.59 Å². The third kappa shape index (κ3) is 5.09. The summed E-state index contributed by atoms with van der Waals surface area (Å²) in [5.74, 6) is 0.620. The predicted molar refractivity (Wildman–Crippen MR) is 90.8 cm³/mol. The van der Waals surface area contributed by atoms with Crippen molar-refractivity contribution in [1.29, 1.82) is 0 Å². The van der Waals surface area contributed by atoms with Gasteiger partial charge in [0.25, 0.3) is 5.91 Å². The van der Waals surface area contributed by atoms with Crippen molar-refractivity contribution in [2.45, 2.75) is 25.9 Å². The van der Waals surface area contributed by atoms with E-state index in [0.717, 1.165) is 5.56 Å². The van der Waals surface area contributed by atoms with Crippen molar-refractivity contribution >= 4 is 11.9 Å². The zero-order valence-electron chi connectivity index (χ0n) is 14.9. The van der Waals surface area contributed by atoms with Crippen molar-refractivity contribution in [3.8, 4) is 11.5 Å². The third-order valence-corrected chi connectivity index (χ3v) is 4.06. The van der Waals surface area contributed by atoms with Crippen molar-refractivity contribution < 1.29 is 28.5 Å². The van der Waals surface area contributed by atoms with Crippen LogP contribution < -0.4 is 9.47 Å². The van der Waals surface area contributed by atoms with Crippen molar-refractivity contribution in [3.05, 3.63) is 23.8 Å². The molecule has 1 saturated heterocycles. The maximum absolute atomic E-state index is 12.2. The molecule has 1 aromatic carbocycles. The first-order valence-corrected chi connectivity index (χ1v) is 8.32. The van der Waals surface area contributed by atoms with Gasteiger partial charge in [-0.05, 0) is 25.0 Å². The summed E-state index contributed by atoms with van der Waals surface area (Å²) in [6.45, 7) is 3.69. The molecule has 25 heavy (non-hydrogen) atoms. The number of esters is 1. The van der Waals surface area contributed by atoms with Crippen LogP contribution in [0, 0.1) is 0 Å². The Hall–Kier alpha value is -2.28. The smallest absolute Gasteiger partial charge is 0.306 e. The molecule has 1 atom stereocenters. The number of morpholine rings is 1. The van der Waals surface area contributed by atoms with E-state index in [1.807, 2.05) is 12.1 Å². The highest BCUT2D eigenvalue weighted by Gasteiger charge is 2.25. The minimum atomic E-state index is -0.794. The fraction of sp³-hybridized carbons (Fsp3) is 0.556. The van der Waals surface area contributed by atoms with Crippen LogP contribution in [0.1, 0.15) is 18.9 Å². The molecule has 0 saturated carbocycles. The molecule has 0 N–H and O–H groups in total. The molecule has 0 spiro atoms. The average molecular weight is 351 g/mol. The standard InChI is InChI=1S/C18H25NO6/c1-13(18(21)19-9-11-24-12-10-19)25-16(20)8-7-14-5-4-6-15(22-2)17(14)23-3/h4-6,13H,7-12H2,1-3H3. The van der Waals surface area contributed by atoms with Gasteiger partial charge in [-0.25, -0.2) is 0 Å². The van der Waals surface area contributed by atoms with Crippen LogP contribution in [0.2, 0.25) is 0 Å². The van der Waals surface area contributed by atoms with Gasteiger partial charge in [0, 0.05) is 19.5 Å². The Kier molecular flexibility index (Phi) is 7.06. The van der Waals surface area contributed by atoms with Crippen LogP contribution >= 0.6 is 0 Å². The summed E-state index contributed by atoms with van der Waals surface area (Å²) in [7, 11) is 3.12. The predicted octanol–water partition coefficient (Wildman–Crippen LogP) is 1.43. The minimum Gasteiger partial charge on any atom is -0.493 e. The number of carbonyl (C=O) groups is 2. The highest BCUT2D eigenvalue weighted by Crippen LogP contribution is 2.31. The molecule has 1 aliphatic rings. The quantitative estimate of drug-likeness (QED) is 0.692. The molecule has 1 amide bonds. The van der Waals surface area contributed by atoms with Crippen LogP contribution in [0.5, 0.6) is 11.5 Å². The van der Waals surface area contributed by atoms with Crippen molar-refractivity contribution in [3.63, 3.8) is 0 Å². The van der Waals surface area contributed by atoms with E-state index in [9.17, 15) is 9.59 Å². The molecule has 0 bridgehead atoms. The molecule has 0 radical (unpaired) electrons. The van der Waals surface area contributed by atoms with Gasteiger partial charge in [-0.15, -0.1) is 0 Å². The summed E-state index contributed by atoms with van der Waals surface area (Å²) >= 11 is 0. The highest BCUT2D eigenvalue weighted by atomic mass is 16.5. The lowest BCUT2D eigenvalue weighted by molar-refractivity contribution is -0.160. The van der Waals surface area contributed by atoms with Crippen LogP contribution in [-0.4, -0.2) is 63.4 Å². The van der Waals surface area contributed by atoms with E-state index < -0.39 is 12.1 Å². The normalized spacial score (nSPS) is 15.4. The highest BCUT2D eigenvalue weighted by molar-refractivity contribution is 5.83. The Morgan fingerprint density at radius 1 is 1.20 bits per heavy atom. The Balaban J connectivity index is 1.87. The number of carbonyl (C=O) groups excluding carboxylic acids is 2. The molecule has 1 unspecified atom stereocenters. The summed E-state index contributed by atoms with van der Waals surface area (Å²) in [4.78, 5) is 26.0. The van der Waals surface area contributed by atoms with E-state index >= 15 is 0 Å². The van der Waals surface area contributed by atoms with Crippen molar-refractivity contribution in [1.82, 2.24) is 4.90 Å². The molecule has 1 aromatic rings. The van der Waals surface area contributed by atoms with Gasteiger partial charge in [-0.1, -0.05) is 12.1 Å². The van der Waals surface area contributed by atoms with E-state index in [2.05, 4.69) is 0 Å². The molecular weight excluding hydrogens is 326 g/mol. The monoisotopic (exact) mass is 351 g/mol. The van der Waals surface area contributed by atoms with Gasteiger partial charge in [-0.2, -0.15) is 0 Å². The minimum absolute atomic E-state index is 0.157. The third-order valence-electron chi connectivity index (χ3n) is 4.06. The van der Waals surface area contributed by atoms with Crippen LogP contribution in [-0.2, 0) is 25.5 Å². The van der Waals surface area contributed by atoms with E-state index in [-0.39, 0.29) is 12.3 Å². The maximum Gasteiger partial charge on any atom is 0.306 e. The summed E-state index contributed by atoms with van der Waals surface area (Å²) < 4.78 is 21.1. The lowest BCUT2D eigenvalue weighted by Crippen LogP contribution is -2.46. The molecule has 0 aromatic heterocycles. The molecule has 138 valence electrons. The molecule has 1 fully saturated rings. The average Bonchev–Trinajstić information content (AvgIpc) is 2.65. The lowest BCUT2D eigenvalue weighted by atomic mass is 10.1. The van der Waals surface area contributed by atoms with E-state index in [0.29, 0.717) is 44.2 Å². The van der Waals surface area contributed by atoms with Crippen LogP contribution in [0.3, 0.4) is 0 Å². The largest absolute Gasteiger partial charge is 0.493 e. The molecule has 1 heterocycles. The Bertz CT molecular complexity index is 597. The number of hydrogen-bond acceptors (Lipinski definition) is 6. The first-order chi connectivity index (χ1) is 12.1. The SMILES string of the molecule is COc1cccc(CCC(=O)OC(C)C(=O)N2CCOCC2)c1OC. The van der Waals surface area contributed by atoms with Crippen LogP contribution in [0.4, 0.5) is 0 Å². The van der Waals surface area contributed by atoms with Crippen molar-refractivity contribution in [2.24, 2.45) is 0 Å². The Morgan fingerprint density at radius 2 is 1.92 bits per heavy atom. The molecule has 7 nitrogen and oxygen atoms in total. The van der Waals surface area contributed by atoms with Crippen LogP contribution in [0.15, 0.2) is 18.2 Å². The van der Waals surface area contributed by atoms with Crippen LogP contribution in [0.25, 0.3) is 0 Å². The van der Waals surface area contributed by atoms with Gasteiger partial charge in [0.2, 0.25) is 0 Å². The van der Waals surface area contributed by atoms with E-state index in [1.54, 1.807) is 32.1 Å². The molecule has 0 aliphatic carbocycles. The van der Waals surface area contributed by atoms with Crippen molar-refractivity contribution in [2.75, 3.05) is 40.5 Å². The molecule has 2 rings (SSSR count). The summed E-state index contributed by atoms with van der Waals surface area (Å²) in [6.07, 6.45) is -0.195. The number of hydrogen-bond donors (Lipinski definition) is 0. The Labute approximate surface area is 147 Å². The molecule has 7 heteroatoms. The molecular formula is C18H25NO6. The first kappa shape index (κ1) is 19.1. The number of nitrogens with zero attached hydrogens (tertiary/aromatic N) is 1. The Morgan fingerprint density at radius 3 is 2.56 bits per heavy atom.